The summed E-state index contributed by atoms with van der Waals surface area (Å²) in [6.07, 6.45) is 0. The molecule has 76 valence electrons. The minimum atomic E-state index is -0.294. The summed E-state index contributed by atoms with van der Waals surface area (Å²) in [6.45, 7) is 0.131. The van der Waals surface area contributed by atoms with Gasteiger partial charge in [0, 0.05) is 12.7 Å². The number of aliphatic hydroxyl groups is 1. The van der Waals surface area contributed by atoms with Crippen LogP contribution in [0.4, 0.5) is 0 Å². The average Bonchev–Trinajstić information content (AvgIpc) is 2.23. The number of hydrogen-bond donors (Lipinski definition) is 2. The molecule has 0 aliphatic heterocycles. The smallest absolute Gasteiger partial charge is 0.112 e. The Morgan fingerprint density at radius 3 is 2.71 bits per heavy atom. The zero-order chi connectivity index (χ0) is 10.4. The van der Waals surface area contributed by atoms with Crippen LogP contribution in [-0.4, -0.2) is 29.7 Å². The lowest BCUT2D eigenvalue weighted by Crippen LogP contribution is -2.10. The van der Waals surface area contributed by atoms with Crippen molar-refractivity contribution in [1.82, 2.24) is 0 Å². The Bertz CT molecular complexity index is 323. The molecule has 0 aromatic heterocycles. The van der Waals surface area contributed by atoms with E-state index >= 15 is 0 Å². The van der Waals surface area contributed by atoms with Crippen LogP contribution in [0.25, 0.3) is 0 Å². The number of hydrogen-bond acceptors (Lipinski definition) is 4. The Balaban J connectivity index is 3.05. The predicted molar refractivity (Wildman–Crippen MR) is 52.6 cm³/mol. The number of aliphatic hydroxyl groups excluding tert-OH is 1. The van der Waals surface area contributed by atoms with Crippen molar-refractivity contribution in [2.45, 2.75) is 6.61 Å². The van der Waals surface area contributed by atoms with E-state index in [0.717, 1.165) is 5.56 Å². The van der Waals surface area contributed by atoms with E-state index in [9.17, 15) is 0 Å². The van der Waals surface area contributed by atoms with E-state index in [1.54, 1.807) is 13.2 Å². The monoisotopic (exact) mass is 195 g/mol. The third-order valence-corrected chi connectivity index (χ3v) is 1.90. The Morgan fingerprint density at radius 2 is 2.14 bits per heavy atom. The van der Waals surface area contributed by atoms with E-state index in [0.29, 0.717) is 12.2 Å². The lowest BCUT2D eigenvalue weighted by molar-refractivity contribution is 0.184. The molecular formula is C10H13NO3. The third kappa shape index (κ3) is 2.31. The van der Waals surface area contributed by atoms with Gasteiger partial charge in [0.25, 0.3) is 0 Å². The highest BCUT2D eigenvalue weighted by molar-refractivity contribution is 6.02. The molecule has 0 unspecified atom stereocenters. The normalized spacial score (nSPS) is 11.7. The number of rotatable bonds is 4. The molecule has 0 saturated heterocycles. The van der Waals surface area contributed by atoms with Gasteiger partial charge in [-0.1, -0.05) is 29.4 Å². The van der Waals surface area contributed by atoms with Crippen LogP contribution in [0.2, 0.25) is 0 Å². The fourth-order valence-corrected chi connectivity index (χ4v) is 1.25. The van der Waals surface area contributed by atoms with Crippen LogP contribution >= 0.6 is 0 Å². The summed E-state index contributed by atoms with van der Waals surface area (Å²) in [5, 5.41) is 20.6. The van der Waals surface area contributed by atoms with Crippen LogP contribution in [0.3, 0.4) is 0 Å². The maximum absolute atomic E-state index is 8.94. The Hall–Kier alpha value is -1.39. The standard InChI is InChI=1S/C10H13NO3/c1-14-7-8-4-2-3-5-9(8)10(6-12)11-13/h2-5,12-13H,6-7H2,1H3. The average molecular weight is 195 g/mol. The van der Waals surface area contributed by atoms with Crippen molar-refractivity contribution in [2.75, 3.05) is 13.7 Å². The highest BCUT2D eigenvalue weighted by Gasteiger charge is 2.07. The Morgan fingerprint density at radius 1 is 1.43 bits per heavy atom. The van der Waals surface area contributed by atoms with E-state index in [1.165, 1.54) is 0 Å². The molecule has 0 aliphatic carbocycles. The first-order valence-corrected chi connectivity index (χ1v) is 4.22. The van der Waals surface area contributed by atoms with Gasteiger partial charge in [-0.3, -0.25) is 0 Å². The van der Waals surface area contributed by atoms with Crippen LogP contribution in [-0.2, 0) is 11.3 Å². The van der Waals surface area contributed by atoms with Crippen molar-refractivity contribution in [3.05, 3.63) is 35.4 Å². The highest BCUT2D eigenvalue weighted by atomic mass is 16.5. The van der Waals surface area contributed by atoms with E-state index in [1.807, 2.05) is 18.2 Å². The van der Waals surface area contributed by atoms with Gasteiger partial charge in [-0.25, -0.2) is 0 Å². The minimum Gasteiger partial charge on any atom is -0.411 e. The number of nitrogens with zero attached hydrogens (tertiary/aromatic N) is 1. The van der Waals surface area contributed by atoms with Gasteiger partial charge in [-0.2, -0.15) is 0 Å². The number of benzene rings is 1. The van der Waals surface area contributed by atoms with Crippen LogP contribution in [0.5, 0.6) is 0 Å². The number of methoxy groups -OCH3 is 1. The predicted octanol–water partition coefficient (Wildman–Crippen LogP) is 1.00. The summed E-state index contributed by atoms with van der Waals surface area (Å²) < 4.78 is 4.99. The molecule has 1 rings (SSSR count). The molecule has 0 heterocycles. The van der Waals surface area contributed by atoms with Crippen molar-refractivity contribution in [3.8, 4) is 0 Å². The molecule has 0 amide bonds. The van der Waals surface area contributed by atoms with Crippen LogP contribution in [0.15, 0.2) is 29.4 Å². The second-order valence-electron chi connectivity index (χ2n) is 2.79. The summed E-state index contributed by atoms with van der Waals surface area (Å²) in [5.41, 5.74) is 1.84. The maximum Gasteiger partial charge on any atom is 0.112 e. The van der Waals surface area contributed by atoms with Gasteiger partial charge in [0.05, 0.1) is 13.2 Å². The maximum atomic E-state index is 8.94. The third-order valence-electron chi connectivity index (χ3n) is 1.90. The molecule has 4 heteroatoms. The fourth-order valence-electron chi connectivity index (χ4n) is 1.25. The first-order valence-electron chi connectivity index (χ1n) is 4.22. The summed E-state index contributed by atoms with van der Waals surface area (Å²) in [7, 11) is 1.59. The molecule has 1 aromatic carbocycles. The van der Waals surface area contributed by atoms with Gasteiger partial charge >= 0.3 is 0 Å². The van der Waals surface area contributed by atoms with Crippen molar-refractivity contribution in [2.24, 2.45) is 5.16 Å². The number of ether oxygens (including phenoxy) is 1. The van der Waals surface area contributed by atoms with Gasteiger partial charge in [0.2, 0.25) is 0 Å². The second kappa shape index (κ2) is 5.36. The van der Waals surface area contributed by atoms with Crippen molar-refractivity contribution in [3.63, 3.8) is 0 Å². The summed E-state index contributed by atoms with van der Waals surface area (Å²) in [5.74, 6) is 0. The van der Waals surface area contributed by atoms with E-state index in [4.69, 9.17) is 15.1 Å². The molecule has 0 spiro atoms. The van der Waals surface area contributed by atoms with E-state index < -0.39 is 0 Å². The second-order valence-corrected chi connectivity index (χ2v) is 2.79. The van der Waals surface area contributed by atoms with E-state index in [-0.39, 0.29) is 12.3 Å². The zero-order valence-electron chi connectivity index (χ0n) is 7.97. The van der Waals surface area contributed by atoms with Crippen molar-refractivity contribution >= 4 is 5.71 Å². The molecule has 0 aliphatic rings. The SMILES string of the molecule is COCc1ccccc1C(CO)=NO. The summed E-state index contributed by atoms with van der Waals surface area (Å²) in [4.78, 5) is 0. The molecule has 4 nitrogen and oxygen atoms in total. The van der Waals surface area contributed by atoms with Crippen LogP contribution in [0, 0.1) is 0 Å². The molecule has 0 atom stereocenters. The molecule has 0 saturated carbocycles. The summed E-state index contributed by atoms with van der Waals surface area (Å²) >= 11 is 0. The van der Waals surface area contributed by atoms with Gasteiger partial charge in [-0.15, -0.1) is 0 Å². The summed E-state index contributed by atoms with van der Waals surface area (Å²) in [6, 6.07) is 7.32. The van der Waals surface area contributed by atoms with E-state index in [2.05, 4.69) is 5.16 Å². The molecule has 2 N–H and O–H groups in total. The largest absolute Gasteiger partial charge is 0.411 e. The van der Waals surface area contributed by atoms with Gasteiger partial charge in [0.15, 0.2) is 0 Å². The molecule has 0 radical (unpaired) electrons. The van der Waals surface area contributed by atoms with Gasteiger partial charge in [0.1, 0.15) is 5.71 Å². The lowest BCUT2D eigenvalue weighted by Gasteiger charge is -2.07. The van der Waals surface area contributed by atoms with Crippen molar-refractivity contribution < 1.29 is 15.1 Å². The molecule has 0 bridgehead atoms. The Kier molecular flexibility index (Phi) is 4.10. The first kappa shape index (κ1) is 10.7. The van der Waals surface area contributed by atoms with Gasteiger partial charge in [-0.05, 0) is 5.56 Å². The van der Waals surface area contributed by atoms with Crippen molar-refractivity contribution in [1.29, 1.82) is 0 Å². The van der Waals surface area contributed by atoms with Gasteiger partial charge < -0.3 is 15.1 Å². The highest BCUT2D eigenvalue weighted by Crippen LogP contribution is 2.10. The number of oxime groups is 1. The molecular weight excluding hydrogens is 182 g/mol. The van der Waals surface area contributed by atoms with Crippen LogP contribution < -0.4 is 0 Å². The molecule has 0 fully saturated rings. The minimum absolute atomic E-state index is 0.248. The lowest BCUT2D eigenvalue weighted by atomic mass is 10.0. The molecule has 14 heavy (non-hydrogen) atoms. The topological polar surface area (TPSA) is 62.0 Å². The Labute approximate surface area is 82.4 Å². The zero-order valence-corrected chi connectivity index (χ0v) is 7.97. The van der Waals surface area contributed by atoms with Crippen LogP contribution in [0.1, 0.15) is 11.1 Å². The fraction of sp³-hybridized carbons (Fsp3) is 0.300. The molecule has 1 aromatic rings. The first-order chi connectivity index (χ1) is 6.83. The quantitative estimate of drug-likeness (QED) is 0.428.